The van der Waals surface area contributed by atoms with Gasteiger partial charge in [-0.05, 0) is 36.8 Å². The molecule has 3 aromatic rings. The molecule has 2 aromatic carbocycles. The van der Waals surface area contributed by atoms with Crippen LogP contribution in [0.4, 0.5) is 5.82 Å². The van der Waals surface area contributed by atoms with Crippen LogP contribution >= 0.6 is 34.8 Å². The number of hydrogen-bond donors (Lipinski definition) is 1. The fourth-order valence-corrected chi connectivity index (χ4v) is 3.33. The minimum Gasteiger partial charge on any atom is -0.369 e. The predicted molar refractivity (Wildman–Crippen MR) is 96.2 cm³/mol. The minimum atomic E-state index is 0.510. The van der Waals surface area contributed by atoms with Crippen LogP contribution in [0.3, 0.4) is 0 Å². The van der Waals surface area contributed by atoms with Crippen LogP contribution in [0.25, 0.3) is 16.9 Å². The molecule has 1 aliphatic heterocycles. The van der Waals surface area contributed by atoms with Gasteiger partial charge in [-0.3, -0.25) is 0 Å². The Hall–Kier alpha value is -1.68. The molecular weight excluding hydrogens is 353 g/mol. The second-order valence-corrected chi connectivity index (χ2v) is 6.62. The van der Waals surface area contributed by atoms with Crippen molar-refractivity contribution < 1.29 is 0 Å². The van der Waals surface area contributed by atoms with Crippen LogP contribution in [-0.4, -0.2) is 16.3 Å². The number of nitrogens with one attached hydrogen (secondary N) is 1. The maximum atomic E-state index is 6.15. The summed E-state index contributed by atoms with van der Waals surface area (Å²) in [5.41, 5.74) is 4.02. The maximum Gasteiger partial charge on any atom is 0.133 e. The third-order valence-electron chi connectivity index (χ3n) is 3.90. The Morgan fingerprint density at radius 3 is 2.65 bits per heavy atom. The molecule has 6 heteroatoms. The highest BCUT2D eigenvalue weighted by Crippen LogP contribution is 2.36. The molecular formula is C17H12Cl3N3. The lowest BCUT2D eigenvalue weighted by Crippen LogP contribution is -2.04. The van der Waals surface area contributed by atoms with Crippen molar-refractivity contribution in [2.24, 2.45) is 0 Å². The smallest absolute Gasteiger partial charge is 0.133 e. The van der Waals surface area contributed by atoms with Crippen LogP contribution in [0.5, 0.6) is 0 Å². The van der Waals surface area contributed by atoms with E-state index in [9.17, 15) is 0 Å². The lowest BCUT2D eigenvalue weighted by Gasteiger charge is -2.07. The van der Waals surface area contributed by atoms with Gasteiger partial charge >= 0.3 is 0 Å². The Morgan fingerprint density at radius 2 is 1.87 bits per heavy atom. The second kappa shape index (κ2) is 5.75. The van der Waals surface area contributed by atoms with E-state index in [1.165, 1.54) is 5.56 Å². The maximum absolute atomic E-state index is 6.15. The number of benzene rings is 2. The number of nitrogens with zero attached hydrogens (tertiary/aromatic N) is 2. The number of fused-ring (bicyclic) bond motifs is 1. The molecule has 0 amide bonds. The summed E-state index contributed by atoms with van der Waals surface area (Å²) in [7, 11) is 0. The molecule has 0 unspecified atom stereocenters. The average Bonchev–Trinajstić information content (AvgIpc) is 3.12. The molecule has 0 bridgehead atoms. The SMILES string of the molecule is Clc1cccc(-c2nn(-c3ccc(Cl)c(Cl)c3)c3c2CCN3)c1. The zero-order chi connectivity index (χ0) is 16.0. The van der Waals surface area contributed by atoms with Crippen molar-refractivity contribution in [3.63, 3.8) is 0 Å². The Kier molecular flexibility index (Phi) is 3.72. The van der Waals surface area contributed by atoms with Gasteiger partial charge in [0.2, 0.25) is 0 Å². The van der Waals surface area contributed by atoms with Crippen molar-refractivity contribution in [2.75, 3.05) is 11.9 Å². The molecule has 1 aliphatic rings. The summed E-state index contributed by atoms with van der Waals surface area (Å²) >= 11 is 18.3. The van der Waals surface area contributed by atoms with Crippen LogP contribution in [0.2, 0.25) is 15.1 Å². The van der Waals surface area contributed by atoms with E-state index >= 15 is 0 Å². The van der Waals surface area contributed by atoms with E-state index in [-0.39, 0.29) is 0 Å². The number of hydrogen-bond acceptors (Lipinski definition) is 2. The minimum absolute atomic E-state index is 0.510. The van der Waals surface area contributed by atoms with Crippen molar-refractivity contribution in [3.8, 4) is 16.9 Å². The van der Waals surface area contributed by atoms with Gasteiger partial charge in [0.1, 0.15) is 5.82 Å². The van der Waals surface area contributed by atoms with Crippen molar-refractivity contribution >= 4 is 40.6 Å². The van der Waals surface area contributed by atoms with Crippen LogP contribution in [0.1, 0.15) is 5.56 Å². The lowest BCUT2D eigenvalue weighted by molar-refractivity contribution is 0.882. The molecule has 0 saturated carbocycles. The van der Waals surface area contributed by atoms with Gasteiger partial charge in [0, 0.05) is 22.7 Å². The molecule has 0 saturated heterocycles. The first-order chi connectivity index (χ1) is 11.1. The summed E-state index contributed by atoms with van der Waals surface area (Å²) in [6.45, 7) is 0.891. The highest BCUT2D eigenvalue weighted by atomic mass is 35.5. The van der Waals surface area contributed by atoms with Crippen LogP contribution in [0.15, 0.2) is 42.5 Å². The zero-order valence-electron chi connectivity index (χ0n) is 12.0. The Balaban J connectivity index is 1.89. The molecule has 0 aliphatic carbocycles. The fourth-order valence-electron chi connectivity index (χ4n) is 2.85. The van der Waals surface area contributed by atoms with E-state index in [0.717, 1.165) is 35.7 Å². The molecule has 0 fully saturated rings. The van der Waals surface area contributed by atoms with Crippen LogP contribution in [0, 0.1) is 0 Å². The van der Waals surface area contributed by atoms with Crippen LogP contribution < -0.4 is 5.32 Å². The highest BCUT2D eigenvalue weighted by Gasteiger charge is 2.24. The van der Waals surface area contributed by atoms with Gasteiger partial charge in [0.15, 0.2) is 0 Å². The molecule has 1 aromatic heterocycles. The van der Waals surface area contributed by atoms with Crippen molar-refractivity contribution in [3.05, 3.63) is 63.1 Å². The highest BCUT2D eigenvalue weighted by molar-refractivity contribution is 6.42. The van der Waals surface area contributed by atoms with Gasteiger partial charge in [-0.15, -0.1) is 0 Å². The fraction of sp³-hybridized carbons (Fsp3) is 0.118. The number of aromatic nitrogens is 2. The van der Waals surface area contributed by atoms with E-state index in [0.29, 0.717) is 15.1 Å². The monoisotopic (exact) mass is 363 g/mol. The average molecular weight is 365 g/mol. The molecule has 0 spiro atoms. The van der Waals surface area contributed by atoms with Crippen molar-refractivity contribution in [1.82, 2.24) is 9.78 Å². The quantitative estimate of drug-likeness (QED) is 0.653. The summed E-state index contributed by atoms with van der Waals surface area (Å²) in [5.74, 6) is 0.998. The normalized spacial score (nSPS) is 13.0. The molecule has 1 N–H and O–H groups in total. The van der Waals surface area contributed by atoms with Crippen LogP contribution in [-0.2, 0) is 6.42 Å². The molecule has 23 heavy (non-hydrogen) atoms. The predicted octanol–water partition coefficient (Wildman–Crippen LogP) is 5.47. The molecule has 116 valence electrons. The summed E-state index contributed by atoms with van der Waals surface area (Å²) in [5, 5.41) is 9.92. The first kappa shape index (κ1) is 14.9. The number of halogens is 3. The van der Waals surface area contributed by atoms with Gasteiger partial charge in [-0.2, -0.15) is 5.10 Å². The summed E-state index contributed by atoms with van der Waals surface area (Å²) in [6.07, 6.45) is 0.929. The van der Waals surface area contributed by atoms with Gasteiger partial charge in [0.05, 0.1) is 21.4 Å². The van der Waals surface area contributed by atoms with E-state index in [2.05, 4.69) is 5.32 Å². The lowest BCUT2D eigenvalue weighted by atomic mass is 10.1. The summed E-state index contributed by atoms with van der Waals surface area (Å²) in [6, 6.07) is 13.3. The van der Waals surface area contributed by atoms with Gasteiger partial charge in [-0.1, -0.05) is 46.9 Å². The third kappa shape index (κ3) is 2.59. The number of anilines is 1. The van der Waals surface area contributed by atoms with Crippen molar-refractivity contribution in [2.45, 2.75) is 6.42 Å². The van der Waals surface area contributed by atoms with Crippen molar-refractivity contribution in [1.29, 1.82) is 0 Å². The molecule has 4 rings (SSSR count). The summed E-state index contributed by atoms with van der Waals surface area (Å²) < 4.78 is 1.88. The van der Waals surface area contributed by atoms with E-state index < -0.39 is 0 Å². The largest absolute Gasteiger partial charge is 0.369 e. The molecule has 3 nitrogen and oxygen atoms in total. The Labute approximate surface area is 148 Å². The summed E-state index contributed by atoms with van der Waals surface area (Å²) in [4.78, 5) is 0. The molecule has 2 heterocycles. The Bertz CT molecular complexity index is 902. The topological polar surface area (TPSA) is 29.9 Å². The van der Waals surface area contributed by atoms with E-state index in [1.54, 1.807) is 6.07 Å². The molecule has 0 atom stereocenters. The standard InChI is InChI=1S/C17H12Cl3N3/c18-11-3-1-2-10(8-11)16-13-6-7-21-17(13)23(22-16)12-4-5-14(19)15(20)9-12/h1-5,8-9,21H,6-7H2. The molecule has 0 radical (unpaired) electrons. The van der Waals surface area contributed by atoms with Gasteiger partial charge in [-0.25, -0.2) is 4.68 Å². The van der Waals surface area contributed by atoms with E-state index in [4.69, 9.17) is 39.9 Å². The third-order valence-corrected chi connectivity index (χ3v) is 4.87. The first-order valence-corrected chi connectivity index (χ1v) is 8.34. The Morgan fingerprint density at radius 1 is 1.00 bits per heavy atom. The zero-order valence-corrected chi connectivity index (χ0v) is 14.3. The first-order valence-electron chi connectivity index (χ1n) is 7.20. The second-order valence-electron chi connectivity index (χ2n) is 5.37. The van der Waals surface area contributed by atoms with Gasteiger partial charge in [0.25, 0.3) is 0 Å². The van der Waals surface area contributed by atoms with Gasteiger partial charge < -0.3 is 5.32 Å². The van der Waals surface area contributed by atoms with E-state index in [1.807, 2.05) is 41.1 Å². The number of rotatable bonds is 2.